The molecule has 1 aromatic heterocycles. The molecule has 0 radical (unpaired) electrons. The maximum atomic E-state index is 12.6. The van der Waals surface area contributed by atoms with E-state index in [1.54, 1.807) is 0 Å². The standard InChI is InChI=1S/C18H21N3OS/c19-9-12-23-17-13-21(16-8-4-3-7-15(16)17)14-18(22)20-10-5-1-2-6-11-20/h3-4,7-8,13H,1-2,5-6,10-12,14H2. The SMILES string of the molecule is N#CCSc1cn(CC(=O)N2CCCCCC2)c2ccccc12. The molecule has 0 unspecified atom stereocenters. The van der Waals surface area contributed by atoms with Gasteiger partial charge >= 0.3 is 0 Å². The van der Waals surface area contributed by atoms with E-state index in [0.717, 1.165) is 41.7 Å². The minimum Gasteiger partial charge on any atom is -0.341 e. The summed E-state index contributed by atoms with van der Waals surface area (Å²) in [6, 6.07) is 10.3. The van der Waals surface area contributed by atoms with Crippen molar-refractivity contribution in [2.75, 3.05) is 18.8 Å². The number of nitrogens with zero attached hydrogens (tertiary/aromatic N) is 3. The molecule has 0 saturated carbocycles. The molecule has 1 aromatic carbocycles. The first-order chi connectivity index (χ1) is 11.3. The molecule has 1 saturated heterocycles. The van der Waals surface area contributed by atoms with Gasteiger partial charge in [0.2, 0.25) is 5.91 Å². The zero-order chi connectivity index (χ0) is 16.1. The van der Waals surface area contributed by atoms with Crippen LogP contribution in [0.5, 0.6) is 0 Å². The number of rotatable bonds is 4. The average molecular weight is 327 g/mol. The molecular weight excluding hydrogens is 306 g/mol. The lowest BCUT2D eigenvalue weighted by atomic mass is 10.2. The lowest BCUT2D eigenvalue weighted by Crippen LogP contribution is -2.34. The third-order valence-electron chi connectivity index (χ3n) is 4.31. The summed E-state index contributed by atoms with van der Waals surface area (Å²) < 4.78 is 2.03. The summed E-state index contributed by atoms with van der Waals surface area (Å²) in [4.78, 5) is 15.7. The smallest absolute Gasteiger partial charge is 0.242 e. The van der Waals surface area contributed by atoms with Crippen molar-refractivity contribution in [2.45, 2.75) is 37.1 Å². The number of aromatic nitrogens is 1. The number of nitriles is 1. The molecule has 0 N–H and O–H groups in total. The van der Waals surface area contributed by atoms with Crippen LogP contribution in [0.15, 0.2) is 35.4 Å². The Morgan fingerprint density at radius 2 is 1.91 bits per heavy atom. The Morgan fingerprint density at radius 1 is 1.17 bits per heavy atom. The highest BCUT2D eigenvalue weighted by atomic mass is 32.2. The molecule has 0 atom stereocenters. The van der Waals surface area contributed by atoms with Gasteiger partial charge in [0, 0.05) is 35.1 Å². The highest BCUT2D eigenvalue weighted by molar-refractivity contribution is 7.99. The van der Waals surface area contributed by atoms with Crippen molar-refractivity contribution in [2.24, 2.45) is 0 Å². The van der Waals surface area contributed by atoms with Gasteiger partial charge in [0.25, 0.3) is 0 Å². The van der Waals surface area contributed by atoms with Gasteiger partial charge < -0.3 is 9.47 Å². The Balaban J connectivity index is 1.81. The van der Waals surface area contributed by atoms with E-state index in [1.165, 1.54) is 24.6 Å². The van der Waals surface area contributed by atoms with E-state index in [0.29, 0.717) is 12.3 Å². The van der Waals surface area contributed by atoms with E-state index in [-0.39, 0.29) is 5.91 Å². The van der Waals surface area contributed by atoms with Crippen molar-refractivity contribution in [3.8, 4) is 6.07 Å². The summed E-state index contributed by atoms with van der Waals surface area (Å²) in [5.74, 6) is 0.623. The van der Waals surface area contributed by atoms with Crippen molar-refractivity contribution in [3.63, 3.8) is 0 Å². The van der Waals surface area contributed by atoms with Crippen LogP contribution < -0.4 is 0 Å². The topological polar surface area (TPSA) is 49.0 Å². The van der Waals surface area contributed by atoms with Crippen molar-refractivity contribution in [1.82, 2.24) is 9.47 Å². The number of para-hydroxylation sites is 1. The number of amides is 1. The van der Waals surface area contributed by atoms with Crippen LogP contribution in [0.2, 0.25) is 0 Å². The molecule has 1 aliphatic rings. The molecule has 5 heteroatoms. The molecule has 1 amide bonds. The molecular formula is C18H21N3OS. The van der Waals surface area contributed by atoms with Gasteiger partial charge in [-0.2, -0.15) is 5.26 Å². The summed E-state index contributed by atoms with van der Waals surface area (Å²) in [5, 5.41) is 9.93. The molecule has 2 heterocycles. The van der Waals surface area contributed by atoms with Crippen molar-refractivity contribution < 1.29 is 4.79 Å². The summed E-state index contributed by atoms with van der Waals surface area (Å²) in [5.41, 5.74) is 1.07. The second-order valence-corrected chi connectivity index (χ2v) is 6.90. The Morgan fingerprint density at radius 3 is 2.65 bits per heavy atom. The number of thioether (sulfide) groups is 1. The van der Waals surface area contributed by atoms with Crippen LogP contribution >= 0.6 is 11.8 Å². The van der Waals surface area contributed by atoms with Crippen molar-refractivity contribution >= 4 is 28.6 Å². The summed E-state index contributed by atoms with van der Waals surface area (Å²) in [7, 11) is 0. The minimum absolute atomic E-state index is 0.199. The van der Waals surface area contributed by atoms with Crippen LogP contribution in [0.25, 0.3) is 10.9 Å². The predicted octanol–water partition coefficient (Wildman–Crippen LogP) is 3.66. The Hall–Kier alpha value is -1.93. The fraction of sp³-hybridized carbons (Fsp3) is 0.444. The number of benzene rings is 1. The third kappa shape index (κ3) is 3.70. The van der Waals surface area contributed by atoms with E-state index in [4.69, 9.17) is 5.26 Å². The van der Waals surface area contributed by atoms with Gasteiger partial charge in [-0.1, -0.05) is 31.0 Å². The van der Waals surface area contributed by atoms with E-state index in [2.05, 4.69) is 12.1 Å². The van der Waals surface area contributed by atoms with E-state index in [1.807, 2.05) is 33.9 Å². The predicted molar refractivity (Wildman–Crippen MR) is 93.3 cm³/mol. The van der Waals surface area contributed by atoms with Gasteiger partial charge in [0.1, 0.15) is 6.54 Å². The fourth-order valence-electron chi connectivity index (χ4n) is 3.13. The maximum absolute atomic E-state index is 12.6. The van der Waals surface area contributed by atoms with Gasteiger partial charge in [-0.15, -0.1) is 11.8 Å². The molecule has 0 spiro atoms. The van der Waals surface area contributed by atoms with E-state index >= 15 is 0 Å². The molecule has 1 aliphatic heterocycles. The van der Waals surface area contributed by atoms with Gasteiger partial charge in [-0.25, -0.2) is 0 Å². The number of likely N-dealkylation sites (tertiary alicyclic amines) is 1. The van der Waals surface area contributed by atoms with Crippen LogP contribution in [-0.2, 0) is 11.3 Å². The molecule has 4 nitrogen and oxygen atoms in total. The van der Waals surface area contributed by atoms with Crippen molar-refractivity contribution in [1.29, 1.82) is 5.26 Å². The van der Waals surface area contributed by atoms with Crippen LogP contribution in [0.4, 0.5) is 0 Å². The lowest BCUT2D eigenvalue weighted by molar-refractivity contribution is -0.131. The molecule has 2 aromatic rings. The van der Waals surface area contributed by atoms with Gasteiger partial charge in [-0.05, 0) is 18.9 Å². The van der Waals surface area contributed by atoms with Gasteiger partial charge in [0.05, 0.1) is 11.8 Å². The zero-order valence-corrected chi connectivity index (χ0v) is 14.0. The lowest BCUT2D eigenvalue weighted by Gasteiger charge is -2.20. The van der Waals surface area contributed by atoms with Gasteiger partial charge in [0.15, 0.2) is 0 Å². The van der Waals surface area contributed by atoms with Crippen LogP contribution in [-0.4, -0.2) is 34.2 Å². The molecule has 120 valence electrons. The zero-order valence-electron chi connectivity index (χ0n) is 13.2. The quantitative estimate of drug-likeness (QED) is 0.805. The number of carbonyl (C=O) groups excluding carboxylic acids is 1. The molecule has 0 bridgehead atoms. The molecule has 3 rings (SSSR count). The minimum atomic E-state index is 0.199. The number of fused-ring (bicyclic) bond motifs is 1. The van der Waals surface area contributed by atoms with Crippen LogP contribution in [0, 0.1) is 11.3 Å². The molecule has 0 aliphatic carbocycles. The normalized spacial score (nSPS) is 15.3. The Bertz CT molecular complexity index is 723. The number of hydrogen-bond donors (Lipinski definition) is 0. The number of carbonyl (C=O) groups is 1. The summed E-state index contributed by atoms with van der Waals surface area (Å²) in [6.45, 7) is 2.15. The molecule has 23 heavy (non-hydrogen) atoms. The van der Waals surface area contributed by atoms with Gasteiger partial charge in [-0.3, -0.25) is 4.79 Å². The summed E-state index contributed by atoms with van der Waals surface area (Å²) >= 11 is 1.53. The second kappa shape index (κ2) is 7.56. The fourth-order valence-corrected chi connectivity index (χ4v) is 3.88. The first kappa shape index (κ1) is 15.9. The largest absolute Gasteiger partial charge is 0.341 e. The highest BCUT2D eigenvalue weighted by Crippen LogP contribution is 2.29. The van der Waals surface area contributed by atoms with E-state index in [9.17, 15) is 4.79 Å². The Labute approximate surface area is 141 Å². The average Bonchev–Trinajstić information content (AvgIpc) is 2.76. The van der Waals surface area contributed by atoms with Crippen LogP contribution in [0.1, 0.15) is 25.7 Å². The third-order valence-corrected chi connectivity index (χ3v) is 5.22. The van der Waals surface area contributed by atoms with Crippen molar-refractivity contribution in [3.05, 3.63) is 30.5 Å². The first-order valence-electron chi connectivity index (χ1n) is 8.15. The maximum Gasteiger partial charge on any atom is 0.242 e. The highest BCUT2D eigenvalue weighted by Gasteiger charge is 2.17. The Kier molecular flexibility index (Phi) is 5.24. The summed E-state index contributed by atoms with van der Waals surface area (Å²) in [6.07, 6.45) is 6.70. The molecule has 1 fully saturated rings. The first-order valence-corrected chi connectivity index (χ1v) is 9.13. The van der Waals surface area contributed by atoms with Crippen LogP contribution in [0.3, 0.4) is 0 Å². The van der Waals surface area contributed by atoms with E-state index < -0.39 is 0 Å². The number of hydrogen-bond acceptors (Lipinski definition) is 3. The monoisotopic (exact) mass is 327 g/mol. The second-order valence-electron chi connectivity index (χ2n) is 5.88.